The quantitative estimate of drug-likeness (QED) is 0.860. The van der Waals surface area contributed by atoms with Crippen molar-refractivity contribution < 1.29 is 24.2 Å². The Hall–Kier alpha value is -2.34. The third-order valence-electron chi connectivity index (χ3n) is 2.84. The maximum Gasteiger partial charge on any atom is 0.351 e. The highest BCUT2D eigenvalue weighted by Gasteiger charge is 2.23. The molecule has 0 atom stereocenters. The minimum atomic E-state index is -1.10. The summed E-state index contributed by atoms with van der Waals surface area (Å²) in [5, 5.41) is 8.74. The standard InChI is InChI=1S/C15H14O5S/c1-9-12(20-8-11(16)17)14(15(18)19-2)21-13(9)10-6-4-3-5-7-10/h3-7H,8H2,1-2H3,(H,16,17). The summed E-state index contributed by atoms with van der Waals surface area (Å²) >= 11 is 1.23. The van der Waals surface area contributed by atoms with Crippen LogP contribution < -0.4 is 4.74 Å². The van der Waals surface area contributed by atoms with Crippen molar-refractivity contribution in [2.75, 3.05) is 13.7 Å². The fourth-order valence-corrected chi connectivity index (χ4v) is 3.07. The van der Waals surface area contributed by atoms with Gasteiger partial charge in [0.15, 0.2) is 11.5 Å². The predicted molar refractivity (Wildman–Crippen MR) is 79.0 cm³/mol. The number of benzene rings is 1. The lowest BCUT2D eigenvalue weighted by atomic mass is 10.1. The number of hydrogen-bond acceptors (Lipinski definition) is 5. The van der Waals surface area contributed by atoms with Crippen LogP contribution in [0, 0.1) is 6.92 Å². The van der Waals surface area contributed by atoms with Crippen molar-refractivity contribution in [2.24, 2.45) is 0 Å². The minimum absolute atomic E-state index is 0.271. The molecule has 0 saturated carbocycles. The second-order valence-corrected chi connectivity index (χ2v) is 5.28. The number of esters is 1. The largest absolute Gasteiger partial charge is 0.480 e. The zero-order valence-electron chi connectivity index (χ0n) is 11.6. The van der Waals surface area contributed by atoms with Gasteiger partial charge in [0.05, 0.1) is 7.11 Å². The van der Waals surface area contributed by atoms with Crippen molar-refractivity contribution in [1.29, 1.82) is 0 Å². The number of thiophene rings is 1. The molecule has 1 aromatic heterocycles. The van der Waals surface area contributed by atoms with E-state index in [1.165, 1.54) is 18.4 Å². The van der Waals surface area contributed by atoms with Crippen LogP contribution in [0.4, 0.5) is 0 Å². The molecule has 5 nitrogen and oxygen atoms in total. The van der Waals surface area contributed by atoms with Gasteiger partial charge >= 0.3 is 11.9 Å². The normalized spacial score (nSPS) is 10.2. The van der Waals surface area contributed by atoms with Crippen molar-refractivity contribution in [3.05, 3.63) is 40.8 Å². The number of ether oxygens (including phenoxy) is 2. The molecule has 1 aromatic carbocycles. The summed E-state index contributed by atoms with van der Waals surface area (Å²) in [7, 11) is 1.28. The first-order valence-electron chi connectivity index (χ1n) is 6.16. The number of carbonyl (C=O) groups excluding carboxylic acids is 1. The van der Waals surface area contributed by atoms with Crippen LogP contribution in [0.5, 0.6) is 5.75 Å². The Morgan fingerprint density at radius 2 is 1.90 bits per heavy atom. The van der Waals surface area contributed by atoms with E-state index in [-0.39, 0.29) is 10.6 Å². The number of rotatable bonds is 5. The van der Waals surface area contributed by atoms with Gasteiger partial charge < -0.3 is 14.6 Å². The van der Waals surface area contributed by atoms with Gasteiger partial charge in [0.25, 0.3) is 0 Å². The first-order valence-corrected chi connectivity index (χ1v) is 6.98. The van der Waals surface area contributed by atoms with Gasteiger partial charge in [0.1, 0.15) is 5.75 Å². The minimum Gasteiger partial charge on any atom is -0.480 e. The third kappa shape index (κ3) is 3.22. The van der Waals surface area contributed by atoms with E-state index in [2.05, 4.69) is 0 Å². The Balaban J connectivity index is 2.49. The highest BCUT2D eigenvalue weighted by molar-refractivity contribution is 7.18. The molecule has 6 heteroatoms. The number of aliphatic carboxylic acids is 1. The van der Waals surface area contributed by atoms with E-state index in [4.69, 9.17) is 14.6 Å². The van der Waals surface area contributed by atoms with Crippen molar-refractivity contribution in [3.63, 3.8) is 0 Å². The van der Waals surface area contributed by atoms with Crippen LogP contribution in [0.2, 0.25) is 0 Å². The second-order valence-electron chi connectivity index (χ2n) is 4.25. The summed E-state index contributed by atoms with van der Waals surface area (Å²) in [5.41, 5.74) is 1.67. The van der Waals surface area contributed by atoms with Gasteiger partial charge in [0, 0.05) is 10.4 Å². The number of methoxy groups -OCH3 is 1. The monoisotopic (exact) mass is 306 g/mol. The molecular formula is C15H14O5S. The van der Waals surface area contributed by atoms with Gasteiger partial charge in [-0.1, -0.05) is 30.3 Å². The first-order chi connectivity index (χ1) is 10.0. The van der Waals surface area contributed by atoms with E-state index >= 15 is 0 Å². The zero-order valence-corrected chi connectivity index (χ0v) is 12.4. The van der Waals surface area contributed by atoms with Crippen LogP contribution in [0.3, 0.4) is 0 Å². The van der Waals surface area contributed by atoms with E-state index in [0.29, 0.717) is 0 Å². The molecule has 0 saturated heterocycles. The Morgan fingerprint density at radius 1 is 1.24 bits per heavy atom. The van der Waals surface area contributed by atoms with Gasteiger partial charge in [0.2, 0.25) is 0 Å². The van der Waals surface area contributed by atoms with Crippen molar-refractivity contribution in [2.45, 2.75) is 6.92 Å². The molecule has 2 rings (SSSR count). The van der Waals surface area contributed by atoms with Gasteiger partial charge in [-0.25, -0.2) is 9.59 Å². The van der Waals surface area contributed by atoms with Crippen LogP contribution in [0.25, 0.3) is 10.4 Å². The molecule has 110 valence electrons. The van der Waals surface area contributed by atoms with Crippen LogP contribution in [0.1, 0.15) is 15.2 Å². The van der Waals surface area contributed by atoms with E-state index in [9.17, 15) is 9.59 Å². The molecule has 1 heterocycles. The lowest BCUT2D eigenvalue weighted by Crippen LogP contribution is -2.11. The molecule has 0 amide bonds. The Kier molecular flexibility index (Phi) is 4.59. The van der Waals surface area contributed by atoms with E-state index in [1.54, 1.807) is 6.92 Å². The molecule has 0 spiro atoms. The molecule has 0 aliphatic carbocycles. The summed E-state index contributed by atoms with van der Waals surface area (Å²) in [4.78, 5) is 23.6. The molecule has 0 radical (unpaired) electrons. The fourth-order valence-electron chi connectivity index (χ4n) is 1.90. The van der Waals surface area contributed by atoms with Crippen molar-refractivity contribution in [1.82, 2.24) is 0 Å². The average Bonchev–Trinajstić information content (AvgIpc) is 2.82. The van der Waals surface area contributed by atoms with Crippen LogP contribution >= 0.6 is 11.3 Å². The third-order valence-corrected chi connectivity index (χ3v) is 4.14. The van der Waals surface area contributed by atoms with E-state index < -0.39 is 18.5 Å². The topological polar surface area (TPSA) is 72.8 Å². The summed E-state index contributed by atoms with van der Waals surface area (Å²) in [5.74, 6) is -1.36. The predicted octanol–water partition coefficient (Wildman–Crippen LogP) is 2.97. The van der Waals surface area contributed by atoms with Gasteiger partial charge in [-0.05, 0) is 12.5 Å². The molecule has 0 fully saturated rings. The molecule has 0 bridgehead atoms. The van der Waals surface area contributed by atoms with Crippen molar-refractivity contribution >= 4 is 23.3 Å². The molecule has 0 unspecified atom stereocenters. The lowest BCUT2D eigenvalue weighted by Gasteiger charge is -2.05. The summed E-state index contributed by atoms with van der Waals surface area (Å²) < 4.78 is 10.00. The van der Waals surface area contributed by atoms with E-state index in [1.807, 2.05) is 30.3 Å². The number of carboxylic acids is 1. The van der Waals surface area contributed by atoms with Crippen LogP contribution in [0.15, 0.2) is 30.3 Å². The number of carbonyl (C=O) groups is 2. The SMILES string of the molecule is COC(=O)c1sc(-c2ccccc2)c(C)c1OCC(=O)O. The summed E-state index contributed by atoms with van der Waals surface area (Å²) in [6, 6.07) is 9.52. The molecule has 2 aromatic rings. The first kappa shape index (κ1) is 15.1. The van der Waals surface area contributed by atoms with Crippen molar-refractivity contribution in [3.8, 4) is 16.2 Å². The molecular weight excluding hydrogens is 292 g/mol. The van der Waals surface area contributed by atoms with E-state index in [0.717, 1.165) is 16.0 Å². The van der Waals surface area contributed by atoms with Gasteiger partial charge in [-0.3, -0.25) is 0 Å². The fraction of sp³-hybridized carbons (Fsp3) is 0.200. The Bertz CT molecular complexity index is 660. The summed E-state index contributed by atoms with van der Waals surface area (Å²) in [6.45, 7) is 1.29. The van der Waals surface area contributed by atoms with Crippen LogP contribution in [-0.4, -0.2) is 30.8 Å². The summed E-state index contributed by atoms with van der Waals surface area (Å²) in [6.07, 6.45) is 0. The number of carboxylic acid groups (broad SMARTS) is 1. The maximum atomic E-state index is 11.8. The Morgan fingerprint density at radius 3 is 2.48 bits per heavy atom. The molecule has 1 N–H and O–H groups in total. The highest BCUT2D eigenvalue weighted by Crippen LogP contribution is 2.41. The zero-order chi connectivity index (χ0) is 15.4. The highest BCUT2D eigenvalue weighted by atomic mass is 32.1. The molecule has 0 aliphatic rings. The molecule has 21 heavy (non-hydrogen) atoms. The molecule has 0 aliphatic heterocycles. The van der Waals surface area contributed by atoms with Crippen LogP contribution in [-0.2, 0) is 9.53 Å². The van der Waals surface area contributed by atoms with Gasteiger partial charge in [-0.2, -0.15) is 0 Å². The van der Waals surface area contributed by atoms with Gasteiger partial charge in [-0.15, -0.1) is 11.3 Å². The number of hydrogen-bond donors (Lipinski definition) is 1. The average molecular weight is 306 g/mol. The second kappa shape index (κ2) is 6.41. The Labute approximate surface area is 125 Å². The maximum absolute atomic E-state index is 11.8. The lowest BCUT2D eigenvalue weighted by molar-refractivity contribution is -0.139. The smallest absolute Gasteiger partial charge is 0.351 e.